The number of rotatable bonds is 5. The van der Waals surface area contributed by atoms with Crippen molar-refractivity contribution in [1.82, 2.24) is 0 Å². The Balaban J connectivity index is 1.97. The minimum Gasteiger partial charge on any atom is -0.493 e. The first-order valence-corrected chi connectivity index (χ1v) is 5.89. The molecular weight excluding hydrogens is 202 g/mol. The molecule has 0 fully saturated rings. The van der Waals surface area contributed by atoms with Gasteiger partial charge in [-0.2, -0.15) is 0 Å². The van der Waals surface area contributed by atoms with Crippen molar-refractivity contribution in [1.29, 1.82) is 0 Å². The zero-order valence-corrected chi connectivity index (χ0v) is 9.79. The molecule has 0 saturated heterocycles. The third kappa shape index (κ3) is 2.67. The van der Waals surface area contributed by atoms with Gasteiger partial charge in [0.2, 0.25) is 0 Å². The molecule has 0 bridgehead atoms. The van der Waals surface area contributed by atoms with Gasteiger partial charge in [-0.15, -0.1) is 0 Å². The van der Waals surface area contributed by atoms with Crippen molar-refractivity contribution in [3.05, 3.63) is 23.8 Å². The van der Waals surface area contributed by atoms with Gasteiger partial charge in [-0.25, -0.2) is 0 Å². The van der Waals surface area contributed by atoms with Crippen LogP contribution in [0.15, 0.2) is 18.2 Å². The first kappa shape index (κ1) is 11.3. The summed E-state index contributed by atoms with van der Waals surface area (Å²) in [6, 6.07) is 6.22. The Morgan fingerprint density at radius 3 is 3.12 bits per heavy atom. The Morgan fingerprint density at radius 2 is 2.25 bits per heavy atom. The number of ether oxygens (including phenoxy) is 2. The molecule has 1 aromatic carbocycles. The van der Waals surface area contributed by atoms with Gasteiger partial charge in [0, 0.05) is 37.9 Å². The third-order valence-electron chi connectivity index (χ3n) is 2.80. The number of methoxy groups -OCH3 is 1. The first-order chi connectivity index (χ1) is 7.92. The molecule has 0 amide bonds. The van der Waals surface area contributed by atoms with Crippen molar-refractivity contribution in [3.63, 3.8) is 0 Å². The molecular formula is C13H19NO2. The van der Waals surface area contributed by atoms with Crippen molar-refractivity contribution in [2.75, 3.05) is 32.2 Å². The molecule has 0 spiro atoms. The Bertz CT molecular complexity index is 339. The summed E-state index contributed by atoms with van der Waals surface area (Å²) in [7, 11) is 1.72. The van der Waals surface area contributed by atoms with E-state index in [-0.39, 0.29) is 0 Å². The van der Waals surface area contributed by atoms with Crippen LogP contribution >= 0.6 is 0 Å². The topological polar surface area (TPSA) is 30.5 Å². The molecule has 2 rings (SSSR count). The van der Waals surface area contributed by atoms with Gasteiger partial charge >= 0.3 is 0 Å². The van der Waals surface area contributed by atoms with Crippen LogP contribution in [0, 0.1) is 0 Å². The molecule has 0 aromatic heterocycles. The maximum atomic E-state index is 5.79. The van der Waals surface area contributed by atoms with Crippen LogP contribution in [-0.4, -0.2) is 26.9 Å². The van der Waals surface area contributed by atoms with E-state index in [9.17, 15) is 0 Å². The lowest BCUT2D eigenvalue weighted by molar-refractivity contribution is 0.172. The summed E-state index contributed by atoms with van der Waals surface area (Å²) < 4.78 is 10.8. The van der Waals surface area contributed by atoms with Crippen molar-refractivity contribution in [3.8, 4) is 5.75 Å². The summed E-state index contributed by atoms with van der Waals surface area (Å²) in [6.45, 7) is 2.55. The normalized spacial score (nSPS) is 14.1. The second-order valence-corrected chi connectivity index (χ2v) is 4.01. The molecule has 1 aliphatic heterocycles. The summed E-state index contributed by atoms with van der Waals surface area (Å²) in [5, 5.41) is 3.40. The number of fused-ring (bicyclic) bond motifs is 1. The Labute approximate surface area is 96.8 Å². The molecule has 0 saturated carbocycles. The quantitative estimate of drug-likeness (QED) is 0.775. The van der Waals surface area contributed by atoms with Gasteiger partial charge in [0.1, 0.15) is 5.75 Å². The van der Waals surface area contributed by atoms with E-state index in [1.54, 1.807) is 7.11 Å². The summed E-state index contributed by atoms with van der Waals surface area (Å²) >= 11 is 0. The average molecular weight is 221 g/mol. The third-order valence-corrected chi connectivity index (χ3v) is 2.80. The number of anilines is 1. The van der Waals surface area contributed by atoms with E-state index in [0.717, 1.165) is 38.3 Å². The van der Waals surface area contributed by atoms with Crippen LogP contribution < -0.4 is 10.1 Å². The van der Waals surface area contributed by atoms with Crippen LogP contribution in [0.25, 0.3) is 0 Å². The minimum absolute atomic E-state index is 0.726. The molecule has 16 heavy (non-hydrogen) atoms. The molecule has 1 heterocycles. The molecule has 3 nitrogen and oxygen atoms in total. The van der Waals surface area contributed by atoms with E-state index >= 15 is 0 Å². The highest BCUT2D eigenvalue weighted by atomic mass is 16.5. The molecule has 1 aromatic rings. The zero-order valence-electron chi connectivity index (χ0n) is 9.79. The van der Waals surface area contributed by atoms with Crippen molar-refractivity contribution < 1.29 is 9.47 Å². The smallest absolute Gasteiger partial charge is 0.124 e. The Hall–Kier alpha value is -1.22. The van der Waals surface area contributed by atoms with Crippen molar-refractivity contribution in [2.24, 2.45) is 0 Å². The van der Waals surface area contributed by atoms with E-state index in [1.165, 1.54) is 17.7 Å². The molecule has 88 valence electrons. The van der Waals surface area contributed by atoms with Gasteiger partial charge < -0.3 is 14.8 Å². The lowest BCUT2D eigenvalue weighted by Crippen LogP contribution is -2.13. The van der Waals surface area contributed by atoms with Crippen LogP contribution in [0.4, 0.5) is 5.69 Å². The van der Waals surface area contributed by atoms with Gasteiger partial charge in [0.05, 0.1) is 6.61 Å². The zero-order chi connectivity index (χ0) is 11.2. The Morgan fingerprint density at radius 1 is 1.31 bits per heavy atom. The maximum Gasteiger partial charge on any atom is 0.124 e. The largest absolute Gasteiger partial charge is 0.493 e. The van der Waals surface area contributed by atoms with Crippen molar-refractivity contribution in [2.45, 2.75) is 19.3 Å². The molecule has 1 aliphatic rings. The molecule has 0 radical (unpaired) electrons. The SMILES string of the molecule is COCCCOc1cccc2c1CCCN2. The fourth-order valence-corrected chi connectivity index (χ4v) is 2.00. The maximum absolute atomic E-state index is 5.79. The predicted molar refractivity (Wildman–Crippen MR) is 65.2 cm³/mol. The van der Waals surface area contributed by atoms with Gasteiger partial charge in [0.25, 0.3) is 0 Å². The van der Waals surface area contributed by atoms with E-state index in [1.807, 2.05) is 6.07 Å². The molecule has 3 heteroatoms. The van der Waals surface area contributed by atoms with E-state index in [0.29, 0.717) is 0 Å². The standard InChI is InChI=1S/C13H19NO2/c1-15-9-4-10-16-13-7-2-6-12-11(13)5-3-8-14-12/h2,6-7,14H,3-5,8-10H2,1H3. The van der Waals surface area contributed by atoms with Crippen molar-refractivity contribution >= 4 is 5.69 Å². The van der Waals surface area contributed by atoms with E-state index in [4.69, 9.17) is 9.47 Å². The van der Waals surface area contributed by atoms with Crippen LogP contribution in [-0.2, 0) is 11.2 Å². The summed E-state index contributed by atoms with van der Waals surface area (Å²) in [5.41, 5.74) is 2.56. The number of hydrogen-bond donors (Lipinski definition) is 1. The van der Waals surface area contributed by atoms with E-state index in [2.05, 4.69) is 17.4 Å². The number of benzene rings is 1. The molecule has 1 N–H and O–H groups in total. The van der Waals surface area contributed by atoms with Gasteiger partial charge in [-0.1, -0.05) is 6.07 Å². The van der Waals surface area contributed by atoms with Crippen LogP contribution in [0.5, 0.6) is 5.75 Å². The van der Waals surface area contributed by atoms with Gasteiger partial charge in [-0.3, -0.25) is 0 Å². The summed E-state index contributed by atoms with van der Waals surface area (Å²) in [5.74, 6) is 1.03. The van der Waals surface area contributed by atoms with Gasteiger partial charge in [0.15, 0.2) is 0 Å². The summed E-state index contributed by atoms with van der Waals surface area (Å²) in [6.07, 6.45) is 3.24. The monoisotopic (exact) mass is 221 g/mol. The fraction of sp³-hybridized carbons (Fsp3) is 0.538. The highest BCUT2D eigenvalue weighted by molar-refractivity contribution is 5.58. The highest BCUT2D eigenvalue weighted by Crippen LogP contribution is 2.30. The molecule has 0 atom stereocenters. The first-order valence-electron chi connectivity index (χ1n) is 5.89. The number of hydrogen-bond acceptors (Lipinski definition) is 3. The lowest BCUT2D eigenvalue weighted by Gasteiger charge is -2.20. The minimum atomic E-state index is 0.726. The second-order valence-electron chi connectivity index (χ2n) is 4.01. The van der Waals surface area contributed by atoms with Crippen LogP contribution in [0.2, 0.25) is 0 Å². The average Bonchev–Trinajstić information content (AvgIpc) is 2.35. The molecule has 0 aliphatic carbocycles. The highest BCUT2D eigenvalue weighted by Gasteiger charge is 2.12. The van der Waals surface area contributed by atoms with Crippen LogP contribution in [0.3, 0.4) is 0 Å². The summed E-state index contributed by atoms with van der Waals surface area (Å²) in [4.78, 5) is 0. The van der Waals surface area contributed by atoms with E-state index < -0.39 is 0 Å². The van der Waals surface area contributed by atoms with Gasteiger partial charge in [-0.05, 0) is 25.0 Å². The van der Waals surface area contributed by atoms with Crippen LogP contribution in [0.1, 0.15) is 18.4 Å². The molecule has 0 unspecified atom stereocenters. The lowest BCUT2D eigenvalue weighted by atomic mass is 10.0. The Kier molecular flexibility index (Phi) is 4.05. The fourth-order valence-electron chi connectivity index (χ4n) is 2.00. The predicted octanol–water partition coefficient (Wildman–Crippen LogP) is 2.46. The second kappa shape index (κ2) is 5.75. The number of nitrogens with one attached hydrogen (secondary N) is 1.